The van der Waals surface area contributed by atoms with Crippen LogP contribution in [0.1, 0.15) is 0 Å². The Morgan fingerprint density at radius 2 is 2.07 bits per heavy atom. The lowest BCUT2D eigenvalue weighted by atomic mass is 10.3. The normalized spacial score (nSPS) is 10.4. The predicted molar refractivity (Wildman–Crippen MR) is 53.1 cm³/mol. The highest BCUT2D eigenvalue weighted by atomic mass is 15.1. The number of hydrogen-bond donors (Lipinski definition) is 2. The molecule has 0 radical (unpaired) electrons. The lowest BCUT2D eigenvalue weighted by Crippen LogP contribution is -2.02. The van der Waals surface area contributed by atoms with Crippen molar-refractivity contribution < 1.29 is 0 Å². The van der Waals surface area contributed by atoms with Crippen LogP contribution in [0, 0.1) is 0 Å². The number of aryl methyl sites for hydroxylation is 1. The molecule has 0 aliphatic carbocycles. The summed E-state index contributed by atoms with van der Waals surface area (Å²) in [6.45, 7) is 0. The number of rotatable bonds is 1. The van der Waals surface area contributed by atoms with Gasteiger partial charge in [0.15, 0.2) is 5.82 Å². The Bertz CT molecular complexity index is 440. The van der Waals surface area contributed by atoms with Gasteiger partial charge in [0.25, 0.3) is 0 Å². The summed E-state index contributed by atoms with van der Waals surface area (Å²) < 4.78 is 1.83. The van der Waals surface area contributed by atoms with Crippen molar-refractivity contribution in [2.45, 2.75) is 0 Å². The van der Waals surface area contributed by atoms with Crippen molar-refractivity contribution in [1.29, 1.82) is 0 Å². The molecule has 0 unspecified atom stereocenters. The van der Waals surface area contributed by atoms with Crippen LogP contribution in [-0.2, 0) is 7.05 Å². The van der Waals surface area contributed by atoms with Crippen LogP contribution in [0.25, 0.3) is 11.5 Å². The molecule has 2 rings (SSSR count). The fraction of sp³-hybridized carbons (Fsp3) is 0.125. The predicted octanol–water partition coefficient (Wildman–Crippen LogP) is 0.0415. The highest BCUT2D eigenvalue weighted by Gasteiger charge is 2.06. The first-order chi connectivity index (χ1) is 6.66. The topological polar surface area (TPSA) is 95.6 Å². The van der Waals surface area contributed by atoms with Crippen LogP contribution in [0.3, 0.4) is 0 Å². The Balaban J connectivity index is 2.57. The lowest BCUT2D eigenvalue weighted by molar-refractivity contribution is 0.916. The first-order valence-electron chi connectivity index (χ1n) is 4.04. The smallest absolute Gasteiger partial charge is 0.222 e. The maximum absolute atomic E-state index is 5.55. The molecule has 6 heteroatoms. The van der Waals surface area contributed by atoms with Crippen molar-refractivity contribution in [2.24, 2.45) is 7.05 Å². The van der Waals surface area contributed by atoms with Crippen molar-refractivity contribution in [3.8, 4) is 11.5 Å². The van der Waals surface area contributed by atoms with Gasteiger partial charge >= 0.3 is 0 Å². The van der Waals surface area contributed by atoms with Gasteiger partial charge < -0.3 is 16.0 Å². The number of anilines is 2. The molecule has 0 amide bonds. The van der Waals surface area contributed by atoms with E-state index in [1.807, 2.05) is 17.8 Å². The van der Waals surface area contributed by atoms with E-state index in [0.29, 0.717) is 17.3 Å². The molecule has 0 aliphatic rings. The van der Waals surface area contributed by atoms with Crippen molar-refractivity contribution in [2.75, 3.05) is 11.5 Å². The summed E-state index contributed by atoms with van der Waals surface area (Å²) in [5.74, 6) is 1.21. The van der Waals surface area contributed by atoms with Crippen LogP contribution in [0.4, 0.5) is 11.8 Å². The highest BCUT2D eigenvalue weighted by molar-refractivity contribution is 5.56. The zero-order chi connectivity index (χ0) is 10.1. The first-order valence-corrected chi connectivity index (χ1v) is 4.04. The number of nitrogens with two attached hydrogens (primary N) is 2. The second kappa shape index (κ2) is 2.99. The van der Waals surface area contributed by atoms with E-state index in [1.54, 1.807) is 12.3 Å². The third-order valence-corrected chi connectivity index (χ3v) is 1.81. The Kier molecular flexibility index (Phi) is 1.81. The van der Waals surface area contributed by atoms with Gasteiger partial charge in [-0.05, 0) is 0 Å². The molecule has 2 aromatic rings. The summed E-state index contributed by atoms with van der Waals surface area (Å²) in [6.07, 6.45) is 3.51. The van der Waals surface area contributed by atoms with Gasteiger partial charge in [0, 0.05) is 25.5 Å². The van der Waals surface area contributed by atoms with Gasteiger partial charge in [-0.2, -0.15) is 4.98 Å². The van der Waals surface area contributed by atoms with Gasteiger partial charge in [-0.3, -0.25) is 0 Å². The minimum absolute atomic E-state index is 0.156. The summed E-state index contributed by atoms with van der Waals surface area (Å²) in [5.41, 5.74) is 11.7. The van der Waals surface area contributed by atoms with Crippen molar-refractivity contribution in [3.63, 3.8) is 0 Å². The van der Waals surface area contributed by atoms with Gasteiger partial charge in [-0.15, -0.1) is 0 Å². The molecule has 72 valence electrons. The van der Waals surface area contributed by atoms with Gasteiger partial charge in [0.1, 0.15) is 11.5 Å². The summed E-state index contributed by atoms with van der Waals surface area (Å²) in [4.78, 5) is 12.0. The van der Waals surface area contributed by atoms with E-state index < -0.39 is 0 Å². The molecule has 0 spiro atoms. The summed E-state index contributed by atoms with van der Waals surface area (Å²) >= 11 is 0. The van der Waals surface area contributed by atoms with E-state index in [1.165, 1.54) is 0 Å². The number of hydrogen-bond acceptors (Lipinski definition) is 5. The second-order valence-electron chi connectivity index (χ2n) is 2.90. The van der Waals surface area contributed by atoms with Crippen LogP contribution < -0.4 is 11.5 Å². The largest absolute Gasteiger partial charge is 0.384 e. The Morgan fingerprint density at radius 1 is 1.29 bits per heavy atom. The molecule has 0 aromatic carbocycles. The molecule has 0 atom stereocenters. The zero-order valence-corrected chi connectivity index (χ0v) is 7.68. The molecule has 6 nitrogen and oxygen atoms in total. The minimum Gasteiger partial charge on any atom is -0.384 e. The van der Waals surface area contributed by atoms with Crippen LogP contribution in [-0.4, -0.2) is 19.5 Å². The maximum atomic E-state index is 5.55. The Hall–Kier alpha value is -2.11. The molecule has 4 N–H and O–H groups in total. The Labute approximate surface area is 80.6 Å². The quantitative estimate of drug-likeness (QED) is 0.662. The fourth-order valence-corrected chi connectivity index (χ4v) is 1.21. The van der Waals surface area contributed by atoms with Crippen LogP contribution in [0.5, 0.6) is 0 Å². The van der Waals surface area contributed by atoms with Gasteiger partial charge in [-0.1, -0.05) is 0 Å². The van der Waals surface area contributed by atoms with Crippen molar-refractivity contribution in [3.05, 3.63) is 18.5 Å². The molecular formula is C8H10N6. The summed E-state index contributed by atoms with van der Waals surface area (Å²) in [7, 11) is 1.87. The first kappa shape index (κ1) is 8.49. The van der Waals surface area contributed by atoms with Crippen LogP contribution in [0.2, 0.25) is 0 Å². The monoisotopic (exact) mass is 190 g/mol. The van der Waals surface area contributed by atoms with Gasteiger partial charge in [0.2, 0.25) is 5.95 Å². The van der Waals surface area contributed by atoms with Crippen molar-refractivity contribution in [1.82, 2.24) is 19.5 Å². The molecule has 0 fully saturated rings. The van der Waals surface area contributed by atoms with E-state index in [-0.39, 0.29) is 5.95 Å². The standard InChI is InChI=1S/C8H10N6/c1-14-3-2-11-7(14)5-4-6(9)13-8(10)12-5/h2-4H,1H3,(H4,9,10,12,13). The molecule has 0 aliphatic heterocycles. The van der Waals surface area contributed by atoms with Crippen LogP contribution >= 0.6 is 0 Å². The van der Waals surface area contributed by atoms with E-state index >= 15 is 0 Å². The minimum atomic E-state index is 0.156. The lowest BCUT2D eigenvalue weighted by Gasteiger charge is -2.02. The summed E-state index contributed by atoms with van der Waals surface area (Å²) in [6, 6.07) is 1.64. The van der Waals surface area contributed by atoms with E-state index in [9.17, 15) is 0 Å². The maximum Gasteiger partial charge on any atom is 0.222 e. The Morgan fingerprint density at radius 3 is 2.64 bits per heavy atom. The molecule has 0 saturated carbocycles. The molecular weight excluding hydrogens is 180 g/mol. The third kappa shape index (κ3) is 1.37. The number of nitrogen functional groups attached to an aromatic ring is 2. The number of imidazole rings is 1. The molecule has 14 heavy (non-hydrogen) atoms. The van der Waals surface area contributed by atoms with Crippen LogP contribution in [0.15, 0.2) is 18.5 Å². The van der Waals surface area contributed by atoms with Gasteiger partial charge in [0.05, 0.1) is 0 Å². The SMILES string of the molecule is Cn1ccnc1-c1cc(N)nc(N)n1. The molecule has 0 bridgehead atoms. The number of aromatic nitrogens is 4. The van der Waals surface area contributed by atoms with E-state index in [0.717, 1.165) is 0 Å². The van der Waals surface area contributed by atoms with E-state index in [2.05, 4.69) is 15.0 Å². The second-order valence-corrected chi connectivity index (χ2v) is 2.90. The number of nitrogens with zero attached hydrogens (tertiary/aromatic N) is 4. The summed E-state index contributed by atoms with van der Waals surface area (Å²) in [5, 5.41) is 0. The van der Waals surface area contributed by atoms with Gasteiger partial charge in [-0.25, -0.2) is 9.97 Å². The average Bonchev–Trinajstić information content (AvgIpc) is 2.49. The molecule has 2 aromatic heterocycles. The highest BCUT2D eigenvalue weighted by Crippen LogP contribution is 2.16. The molecule has 2 heterocycles. The zero-order valence-electron chi connectivity index (χ0n) is 7.68. The fourth-order valence-electron chi connectivity index (χ4n) is 1.21. The third-order valence-electron chi connectivity index (χ3n) is 1.81. The molecule has 0 saturated heterocycles. The van der Waals surface area contributed by atoms with E-state index in [4.69, 9.17) is 11.5 Å². The van der Waals surface area contributed by atoms with Crippen molar-refractivity contribution >= 4 is 11.8 Å². The average molecular weight is 190 g/mol.